The average Bonchev–Trinajstić information content (AvgIpc) is 2.48. The van der Waals surface area contributed by atoms with E-state index in [2.05, 4.69) is 39.2 Å². The van der Waals surface area contributed by atoms with Crippen molar-refractivity contribution >= 4 is 14.4 Å². The van der Waals surface area contributed by atoms with Crippen LogP contribution in [-0.4, -0.2) is 37.8 Å². The van der Waals surface area contributed by atoms with Crippen molar-refractivity contribution in [2.75, 3.05) is 6.61 Å². The molecule has 0 aromatic heterocycles. The summed E-state index contributed by atoms with van der Waals surface area (Å²) in [6.07, 6.45) is -1.44. The highest BCUT2D eigenvalue weighted by Crippen LogP contribution is 2.37. The van der Waals surface area contributed by atoms with Gasteiger partial charge in [0, 0.05) is 0 Å². The van der Waals surface area contributed by atoms with Gasteiger partial charge in [-0.25, -0.2) is 4.79 Å². The van der Waals surface area contributed by atoms with E-state index in [-0.39, 0.29) is 11.6 Å². The van der Waals surface area contributed by atoms with Gasteiger partial charge in [0.05, 0.1) is 12.6 Å². The molecule has 0 bridgehead atoms. The number of carbonyl (C=O) groups is 1. The molecular formula is C20H35NO4Si. The van der Waals surface area contributed by atoms with E-state index in [0.29, 0.717) is 0 Å². The number of amides is 1. The Morgan fingerprint density at radius 3 is 2.12 bits per heavy atom. The molecule has 6 heteroatoms. The predicted octanol–water partition coefficient (Wildman–Crippen LogP) is 4.64. The highest BCUT2D eigenvalue weighted by molar-refractivity contribution is 6.74. The van der Waals surface area contributed by atoms with Crippen LogP contribution in [0.15, 0.2) is 30.3 Å². The summed E-state index contributed by atoms with van der Waals surface area (Å²) in [5, 5.41) is 13.6. The normalized spacial score (nSPS) is 15.3. The molecule has 0 unspecified atom stereocenters. The Hall–Kier alpha value is -1.37. The molecule has 2 N–H and O–H groups in total. The molecule has 26 heavy (non-hydrogen) atoms. The molecule has 1 aromatic rings. The van der Waals surface area contributed by atoms with Crippen molar-refractivity contribution in [3.8, 4) is 0 Å². The lowest BCUT2D eigenvalue weighted by molar-refractivity contribution is 0.0358. The first kappa shape index (κ1) is 22.7. The number of carbonyl (C=O) groups excluding carboxylic acids is 1. The second-order valence-corrected chi connectivity index (χ2v) is 14.0. The van der Waals surface area contributed by atoms with E-state index in [1.807, 2.05) is 30.3 Å². The largest absolute Gasteiger partial charge is 0.444 e. The number of alkyl carbamates (subject to hydrolysis) is 1. The van der Waals surface area contributed by atoms with E-state index in [0.717, 1.165) is 5.56 Å². The van der Waals surface area contributed by atoms with Gasteiger partial charge in [0.1, 0.15) is 11.7 Å². The molecule has 0 aliphatic carbocycles. The molecule has 2 atom stereocenters. The first-order chi connectivity index (χ1) is 11.7. The summed E-state index contributed by atoms with van der Waals surface area (Å²) >= 11 is 0. The van der Waals surface area contributed by atoms with E-state index in [4.69, 9.17) is 9.16 Å². The molecule has 0 aliphatic heterocycles. The highest BCUT2D eigenvalue weighted by Gasteiger charge is 2.38. The number of hydrogen-bond donors (Lipinski definition) is 2. The quantitative estimate of drug-likeness (QED) is 0.705. The third-order valence-electron chi connectivity index (χ3n) is 4.65. The van der Waals surface area contributed by atoms with Gasteiger partial charge < -0.3 is 19.6 Å². The van der Waals surface area contributed by atoms with Crippen LogP contribution in [0.4, 0.5) is 4.79 Å². The van der Waals surface area contributed by atoms with Crippen LogP contribution in [0, 0.1) is 0 Å². The zero-order valence-corrected chi connectivity index (χ0v) is 18.4. The Kier molecular flexibility index (Phi) is 7.45. The Bertz CT molecular complexity index is 576. The molecule has 0 heterocycles. The first-order valence-electron chi connectivity index (χ1n) is 9.09. The smallest absolute Gasteiger partial charge is 0.408 e. The summed E-state index contributed by atoms with van der Waals surface area (Å²) in [6.45, 7) is 16.4. The van der Waals surface area contributed by atoms with Gasteiger partial charge in [0.15, 0.2) is 8.32 Å². The van der Waals surface area contributed by atoms with Crippen LogP contribution in [0.3, 0.4) is 0 Å². The van der Waals surface area contributed by atoms with Crippen molar-refractivity contribution in [3.05, 3.63) is 35.9 Å². The standard InChI is InChI=1S/C20H35NO4Si/c1-19(2,3)25-18(23)21-16(14-24-26(7,8)20(4,5)6)17(22)15-12-10-9-11-13-15/h9-13,16-17,22H,14H2,1-8H3,(H,21,23)/t16-,17-/m1/s1. The molecule has 1 amide bonds. The lowest BCUT2D eigenvalue weighted by Gasteiger charge is -2.38. The van der Waals surface area contributed by atoms with Crippen LogP contribution in [0.25, 0.3) is 0 Å². The second kappa shape index (κ2) is 8.54. The van der Waals surface area contributed by atoms with Crippen LogP contribution < -0.4 is 5.32 Å². The highest BCUT2D eigenvalue weighted by atomic mass is 28.4. The van der Waals surface area contributed by atoms with Crippen molar-refractivity contribution in [1.82, 2.24) is 5.32 Å². The molecule has 0 spiro atoms. The topological polar surface area (TPSA) is 67.8 Å². The summed E-state index contributed by atoms with van der Waals surface area (Å²) in [6, 6.07) is 8.68. The Morgan fingerprint density at radius 2 is 1.65 bits per heavy atom. The van der Waals surface area contributed by atoms with Gasteiger partial charge in [-0.15, -0.1) is 0 Å². The SMILES string of the molecule is CC(C)(C)OC(=O)N[C@H](CO[Si](C)(C)C(C)(C)C)[C@H](O)c1ccccc1. The van der Waals surface area contributed by atoms with E-state index in [1.165, 1.54) is 0 Å². The van der Waals surface area contributed by atoms with Gasteiger partial charge in [0.25, 0.3) is 0 Å². The minimum atomic E-state index is -2.02. The number of aliphatic hydroxyl groups excluding tert-OH is 1. The molecule has 1 aromatic carbocycles. The maximum Gasteiger partial charge on any atom is 0.408 e. The third-order valence-corrected chi connectivity index (χ3v) is 9.16. The van der Waals surface area contributed by atoms with E-state index >= 15 is 0 Å². The summed E-state index contributed by atoms with van der Waals surface area (Å²) in [5.74, 6) is 0. The minimum Gasteiger partial charge on any atom is -0.444 e. The molecule has 0 saturated heterocycles. The monoisotopic (exact) mass is 381 g/mol. The van der Waals surface area contributed by atoms with Gasteiger partial charge in [0.2, 0.25) is 0 Å². The molecule has 0 radical (unpaired) electrons. The molecular weight excluding hydrogens is 346 g/mol. The number of benzene rings is 1. The zero-order valence-electron chi connectivity index (χ0n) is 17.4. The fourth-order valence-corrected chi connectivity index (χ4v) is 3.10. The summed E-state index contributed by atoms with van der Waals surface area (Å²) in [7, 11) is -2.02. The van der Waals surface area contributed by atoms with Crippen molar-refractivity contribution in [2.24, 2.45) is 0 Å². The average molecular weight is 382 g/mol. The molecule has 148 valence electrons. The third kappa shape index (κ3) is 7.09. The molecule has 0 aliphatic rings. The Morgan fingerprint density at radius 1 is 1.12 bits per heavy atom. The maximum atomic E-state index is 12.2. The first-order valence-corrected chi connectivity index (χ1v) is 12.0. The van der Waals surface area contributed by atoms with Gasteiger partial charge >= 0.3 is 6.09 Å². The van der Waals surface area contributed by atoms with Gasteiger partial charge in [-0.05, 0) is 44.5 Å². The molecule has 1 rings (SSSR count). The molecule has 0 saturated carbocycles. The number of aliphatic hydroxyl groups is 1. The Balaban J connectivity index is 2.93. The van der Waals surface area contributed by atoms with Crippen LogP contribution in [0.5, 0.6) is 0 Å². The fraction of sp³-hybridized carbons (Fsp3) is 0.650. The summed E-state index contributed by atoms with van der Waals surface area (Å²) < 4.78 is 11.6. The minimum absolute atomic E-state index is 0.0428. The molecule has 0 fully saturated rings. The number of ether oxygens (including phenoxy) is 1. The number of rotatable bonds is 6. The number of hydrogen-bond acceptors (Lipinski definition) is 4. The van der Waals surface area contributed by atoms with Crippen LogP contribution in [-0.2, 0) is 9.16 Å². The van der Waals surface area contributed by atoms with Crippen molar-refractivity contribution in [2.45, 2.75) is 77.4 Å². The van der Waals surface area contributed by atoms with E-state index in [1.54, 1.807) is 20.8 Å². The van der Waals surface area contributed by atoms with E-state index in [9.17, 15) is 9.90 Å². The van der Waals surface area contributed by atoms with Crippen LogP contribution in [0.2, 0.25) is 18.1 Å². The van der Waals surface area contributed by atoms with Crippen LogP contribution >= 0.6 is 0 Å². The second-order valence-electron chi connectivity index (χ2n) is 9.18. The van der Waals surface area contributed by atoms with Crippen molar-refractivity contribution in [1.29, 1.82) is 0 Å². The summed E-state index contributed by atoms with van der Waals surface area (Å²) in [5.41, 5.74) is 0.125. The lowest BCUT2D eigenvalue weighted by Crippen LogP contribution is -2.49. The van der Waals surface area contributed by atoms with E-state index < -0.39 is 32.2 Å². The van der Waals surface area contributed by atoms with Crippen molar-refractivity contribution < 1.29 is 19.1 Å². The Labute approximate surface area is 159 Å². The lowest BCUT2D eigenvalue weighted by atomic mass is 10.0. The van der Waals surface area contributed by atoms with Crippen LogP contribution in [0.1, 0.15) is 53.2 Å². The molecule has 5 nitrogen and oxygen atoms in total. The van der Waals surface area contributed by atoms with Crippen molar-refractivity contribution in [3.63, 3.8) is 0 Å². The van der Waals surface area contributed by atoms with Gasteiger partial charge in [-0.3, -0.25) is 0 Å². The maximum absolute atomic E-state index is 12.2. The summed E-state index contributed by atoms with van der Waals surface area (Å²) in [4.78, 5) is 12.2. The van der Waals surface area contributed by atoms with Gasteiger partial charge in [-0.1, -0.05) is 51.1 Å². The number of nitrogens with one attached hydrogen (secondary N) is 1. The fourth-order valence-electron chi connectivity index (χ4n) is 2.07. The zero-order chi connectivity index (χ0) is 20.2. The predicted molar refractivity (Wildman–Crippen MR) is 108 cm³/mol. The van der Waals surface area contributed by atoms with Gasteiger partial charge in [-0.2, -0.15) is 0 Å².